The summed E-state index contributed by atoms with van der Waals surface area (Å²) in [6.07, 6.45) is 6.46. The number of benzene rings is 1. The second-order valence-electron chi connectivity index (χ2n) is 5.12. The largest absolute Gasteiger partial charge is 0.398 e. The summed E-state index contributed by atoms with van der Waals surface area (Å²) in [7, 11) is 0. The number of likely N-dealkylation sites (tertiary alicyclic amines) is 1. The molecule has 1 aromatic carbocycles. The van der Waals surface area contributed by atoms with Crippen LogP contribution in [0.4, 0.5) is 5.69 Å². The first-order chi connectivity index (χ1) is 7.84. The normalized spacial score (nSPS) is 25.6. The maximum absolute atomic E-state index is 6.08. The maximum atomic E-state index is 6.08. The molecule has 1 aliphatic heterocycles. The van der Waals surface area contributed by atoms with Crippen molar-refractivity contribution in [3.63, 3.8) is 0 Å². The standard InChI is InChI=1S/C14H20N2/c15-14-5-3-4-11-6-7-12(10-13(11)14)16-8-1-2-9-16/h3-5,12H,1-2,6-10,15H2. The van der Waals surface area contributed by atoms with Crippen LogP contribution in [0.1, 0.15) is 30.4 Å². The molecule has 1 aromatic rings. The van der Waals surface area contributed by atoms with Gasteiger partial charge in [-0.1, -0.05) is 12.1 Å². The van der Waals surface area contributed by atoms with E-state index in [0.29, 0.717) is 0 Å². The highest BCUT2D eigenvalue weighted by Crippen LogP contribution is 2.29. The third-order valence-corrected chi connectivity index (χ3v) is 4.15. The van der Waals surface area contributed by atoms with Crippen molar-refractivity contribution in [3.8, 4) is 0 Å². The van der Waals surface area contributed by atoms with E-state index in [1.54, 1.807) is 0 Å². The number of rotatable bonds is 1. The molecule has 2 heteroatoms. The average molecular weight is 216 g/mol. The fraction of sp³-hybridized carbons (Fsp3) is 0.571. The number of hydrogen-bond acceptors (Lipinski definition) is 2. The van der Waals surface area contributed by atoms with Crippen molar-refractivity contribution in [1.29, 1.82) is 0 Å². The number of nitrogens with zero attached hydrogens (tertiary/aromatic N) is 1. The van der Waals surface area contributed by atoms with Gasteiger partial charge in [-0.3, -0.25) is 0 Å². The highest BCUT2D eigenvalue weighted by molar-refractivity contribution is 5.52. The summed E-state index contributed by atoms with van der Waals surface area (Å²) in [6.45, 7) is 2.60. The molecule has 2 nitrogen and oxygen atoms in total. The first-order valence-corrected chi connectivity index (χ1v) is 6.45. The predicted octanol–water partition coefficient (Wildman–Crippen LogP) is 2.22. The monoisotopic (exact) mass is 216 g/mol. The summed E-state index contributed by atoms with van der Waals surface area (Å²) in [6, 6.07) is 7.13. The van der Waals surface area contributed by atoms with Gasteiger partial charge in [-0.05, 0) is 62.4 Å². The van der Waals surface area contributed by atoms with Gasteiger partial charge in [0.25, 0.3) is 0 Å². The van der Waals surface area contributed by atoms with Crippen molar-refractivity contribution < 1.29 is 0 Å². The third kappa shape index (κ3) is 1.71. The molecule has 2 aliphatic rings. The van der Waals surface area contributed by atoms with E-state index in [1.165, 1.54) is 56.3 Å². The van der Waals surface area contributed by atoms with Crippen molar-refractivity contribution in [2.45, 2.75) is 38.1 Å². The van der Waals surface area contributed by atoms with Crippen LogP contribution >= 0.6 is 0 Å². The third-order valence-electron chi connectivity index (χ3n) is 4.15. The number of fused-ring (bicyclic) bond motifs is 1. The van der Waals surface area contributed by atoms with Gasteiger partial charge in [0.1, 0.15) is 0 Å². The topological polar surface area (TPSA) is 29.3 Å². The summed E-state index contributed by atoms with van der Waals surface area (Å²) in [5.41, 5.74) is 9.99. The molecule has 1 aliphatic carbocycles. The van der Waals surface area contributed by atoms with Crippen molar-refractivity contribution in [1.82, 2.24) is 4.90 Å². The highest BCUT2D eigenvalue weighted by atomic mass is 15.2. The van der Waals surface area contributed by atoms with Crippen LogP contribution in [0, 0.1) is 0 Å². The summed E-state index contributed by atoms with van der Waals surface area (Å²) in [5.74, 6) is 0. The molecule has 1 saturated heterocycles. The van der Waals surface area contributed by atoms with E-state index in [9.17, 15) is 0 Å². The van der Waals surface area contributed by atoms with Gasteiger partial charge in [-0.25, -0.2) is 0 Å². The summed E-state index contributed by atoms with van der Waals surface area (Å²) in [5, 5.41) is 0. The van der Waals surface area contributed by atoms with Crippen LogP contribution in [0.2, 0.25) is 0 Å². The maximum Gasteiger partial charge on any atom is 0.0349 e. The number of nitrogen functional groups attached to an aromatic ring is 1. The lowest BCUT2D eigenvalue weighted by molar-refractivity contribution is 0.222. The lowest BCUT2D eigenvalue weighted by Gasteiger charge is -2.32. The predicted molar refractivity (Wildman–Crippen MR) is 67.5 cm³/mol. The number of hydrogen-bond donors (Lipinski definition) is 1. The molecule has 2 N–H and O–H groups in total. The molecule has 1 fully saturated rings. The van der Waals surface area contributed by atoms with Crippen LogP contribution in [-0.4, -0.2) is 24.0 Å². The Morgan fingerprint density at radius 1 is 1.19 bits per heavy atom. The highest BCUT2D eigenvalue weighted by Gasteiger charge is 2.26. The van der Waals surface area contributed by atoms with Gasteiger partial charge in [0.2, 0.25) is 0 Å². The van der Waals surface area contributed by atoms with Gasteiger partial charge < -0.3 is 10.6 Å². The van der Waals surface area contributed by atoms with E-state index in [2.05, 4.69) is 17.0 Å². The van der Waals surface area contributed by atoms with Gasteiger partial charge >= 0.3 is 0 Å². The zero-order valence-corrected chi connectivity index (χ0v) is 9.78. The molecule has 0 spiro atoms. The first-order valence-electron chi connectivity index (χ1n) is 6.45. The van der Waals surface area contributed by atoms with Gasteiger partial charge in [-0.15, -0.1) is 0 Å². The minimum Gasteiger partial charge on any atom is -0.398 e. The quantitative estimate of drug-likeness (QED) is 0.729. The fourth-order valence-electron chi connectivity index (χ4n) is 3.22. The molecule has 16 heavy (non-hydrogen) atoms. The van der Waals surface area contributed by atoms with Crippen molar-refractivity contribution >= 4 is 5.69 Å². The Hall–Kier alpha value is -1.02. The van der Waals surface area contributed by atoms with Crippen LogP contribution < -0.4 is 5.73 Å². The van der Waals surface area contributed by atoms with E-state index >= 15 is 0 Å². The lowest BCUT2D eigenvalue weighted by Crippen LogP contribution is -2.37. The smallest absolute Gasteiger partial charge is 0.0349 e. The average Bonchev–Trinajstić information content (AvgIpc) is 2.83. The van der Waals surface area contributed by atoms with Crippen LogP contribution in [0.25, 0.3) is 0 Å². The number of anilines is 1. The van der Waals surface area contributed by atoms with Crippen molar-refractivity contribution in [3.05, 3.63) is 29.3 Å². The Balaban J connectivity index is 1.82. The Morgan fingerprint density at radius 2 is 2.00 bits per heavy atom. The zero-order valence-electron chi connectivity index (χ0n) is 9.78. The van der Waals surface area contributed by atoms with E-state index in [1.807, 2.05) is 6.07 Å². The molecule has 0 aromatic heterocycles. The summed E-state index contributed by atoms with van der Waals surface area (Å²) < 4.78 is 0. The molecule has 0 bridgehead atoms. The van der Waals surface area contributed by atoms with E-state index < -0.39 is 0 Å². The van der Waals surface area contributed by atoms with Crippen molar-refractivity contribution in [2.24, 2.45) is 0 Å². The summed E-state index contributed by atoms with van der Waals surface area (Å²) in [4.78, 5) is 2.66. The Labute approximate surface area is 97.4 Å². The Morgan fingerprint density at radius 3 is 2.81 bits per heavy atom. The van der Waals surface area contributed by atoms with Crippen LogP contribution in [0.15, 0.2) is 18.2 Å². The van der Waals surface area contributed by atoms with E-state index in [4.69, 9.17) is 5.73 Å². The molecule has 0 amide bonds. The van der Waals surface area contributed by atoms with E-state index in [-0.39, 0.29) is 0 Å². The molecule has 0 saturated carbocycles. The SMILES string of the molecule is Nc1cccc2c1CC(N1CCCC1)CC2. The van der Waals surface area contributed by atoms with Gasteiger partial charge in [0.05, 0.1) is 0 Å². The van der Waals surface area contributed by atoms with E-state index in [0.717, 1.165) is 11.7 Å². The van der Waals surface area contributed by atoms with Crippen molar-refractivity contribution in [2.75, 3.05) is 18.8 Å². The van der Waals surface area contributed by atoms with Crippen LogP contribution in [0.5, 0.6) is 0 Å². The molecule has 0 radical (unpaired) electrons. The first kappa shape index (κ1) is 10.2. The zero-order chi connectivity index (χ0) is 11.0. The molecule has 3 rings (SSSR count). The minimum absolute atomic E-state index is 0.750. The second kappa shape index (κ2) is 4.10. The van der Waals surface area contributed by atoms with Gasteiger partial charge in [0, 0.05) is 11.7 Å². The number of nitrogens with two attached hydrogens (primary N) is 1. The molecular formula is C14H20N2. The second-order valence-corrected chi connectivity index (χ2v) is 5.12. The molecule has 1 unspecified atom stereocenters. The van der Waals surface area contributed by atoms with Gasteiger partial charge in [-0.2, -0.15) is 0 Å². The van der Waals surface area contributed by atoms with Gasteiger partial charge in [0.15, 0.2) is 0 Å². The lowest BCUT2D eigenvalue weighted by atomic mass is 9.86. The number of aryl methyl sites for hydroxylation is 1. The summed E-state index contributed by atoms with van der Waals surface area (Å²) >= 11 is 0. The van der Waals surface area contributed by atoms with Crippen LogP contribution in [-0.2, 0) is 12.8 Å². The molecule has 86 valence electrons. The molecule has 1 atom stereocenters. The Kier molecular flexibility index (Phi) is 2.60. The molecule has 1 heterocycles. The Bertz CT molecular complexity index is 380. The molecular weight excluding hydrogens is 196 g/mol. The fourth-order valence-corrected chi connectivity index (χ4v) is 3.22. The minimum atomic E-state index is 0.750. The van der Waals surface area contributed by atoms with Crippen LogP contribution in [0.3, 0.4) is 0 Å².